The molecule has 228 valence electrons. The number of hydrogen-bond donors (Lipinski definition) is 0. The summed E-state index contributed by atoms with van der Waals surface area (Å²) in [6.45, 7) is 15.1. The summed E-state index contributed by atoms with van der Waals surface area (Å²) >= 11 is 6.29. The molecule has 1 fully saturated rings. The molecule has 1 unspecified atom stereocenters. The van der Waals surface area contributed by atoms with Crippen LogP contribution in [0.15, 0.2) is 59.1 Å². The number of aromatic nitrogens is 3. The first kappa shape index (κ1) is 30.8. The van der Waals surface area contributed by atoms with Gasteiger partial charge in [-0.1, -0.05) is 61.3 Å². The molecule has 0 spiro atoms. The Bertz CT molecular complexity index is 1580. The number of piperidine rings is 1. The molecule has 2 aromatic carbocycles. The second-order valence-corrected chi connectivity index (χ2v) is 13.1. The van der Waals surface area contributed by atoms with E-state index >= 15 is 0 Å². The lowest BCUT2D eigenvalue weighted by Crippen LogP contribution is -2.45. The van der Waals surface area contributed by atoms with E-state index < -0.39 is 0 Å². The van der Waals surface area contributed by atoms with Crippen LogP contribution in [0.5, 0.6) is 11.5 Å². The third kappa shape index (κ3) is 7.67. The number of halogens is 1. The predicted molar refractivity (Wildman–Crippen MR) is 169 cm³/mol. The van der Waals surface area contributed by atoms with Crippen LogP contribution in [-0.4, -0.2) is 57.4 Å². The van der Waals surface area contributed by atoms with Crippen molar-refractivity contribution in [1.82, 2.24) is 24.8 Å². The number of hydrogen-bond acceptors (Lipinski definition) is 6. The molecule has 0 aliphatic carbocycles. The van der Waals surface area contributed by atoms with E-state index in [9.17, 15) is 4.79 Å². The summed E-state index contributed by atoms with van der Waals surface area (Å²) in [5, 5.41) is 9.22. The van der Waals surface area contributed by atoms with Crippen molar-refractivity contribution in [3.63, 3.8) is 0 Å². The Morgan fingerprint density at radius 1 is 1.14 bits per heavy atom. The minimum atomic E-state index is -0.225. The number of benzene rings is 2. The summed E-state index contributed by atoms with van der Waals surface area (Å²) in [6, 6.07) is 15.0. The Kier molecular flexibility index (Phi) is 9.28. The third-order valence-electron chi connectivity index (χ3n) is 8.64. The normalized spacial score (nSPS) is 16.8. The van der Waals surface area contributed by atoms with E-state index in [1.165, 1.54) is 6.42 Å². The van der Waals surface area contributed by atoms with Gasteiger partial charge in [0.15, 0.2) is 5.76 Å². The zero-order chi connectivity index (χ0) is 30.7. The quantitative estimate of drug-likeness (QED) is 0.191. The monoisotopic (exact) mass is 603 g/mol. The molecule has 1 atom stereocenters. The molecule has 1 aliphatic heterocycles. The van der Waals surface area contributed by atoms with Crippen LogP contribution < -0.4 is 4.74 Å². The number of furan rings is 1. The van der Waals surface area contributed by atoms with Crippen molar-refractivity contribution in [2.75, 3.05) is 26.7 Å². The fourth-order valence-electron chi connectivity index (χ4n) is 5.61. The van der Waals surface area contributed by atoms with Crippen molar-refractivity contribution >= 4 is 17.5 Å². The number of amides is 1. The van der Waals surface area contributed by atoms with E-state index in [1.54, 1.807) is 34.8 Å². The summed E-state index contributed by atoms with van der Waals surface area (Å²) in [7, 11) is 1.74. The van der Waals surface area contributed by atoms with Crippen LogP contribution in [0, 0.1) is 25.2 Å². The molecule has 1 aliphatic rings. The number of ether oxygens (including phenoxy) is 1. The molecule has 43 heavy (non-hydrogen) atoms. The molecule has 1 saturated heterocycles. The van der Waals surface area contributed by atoms with Crippen LogP contribution in [0.1, 0.15) is 65.9 Å². The SMILES string of the molecule is Cc1ccc(Oc2cc(Cl)ccc2CN(C)C(=O)c2ccc(Cn3cc(CCN4CCC(C)C(C)(C)C4)nn3)o2)c(C)c1. The van der Waals surface area contributed by atoms with E-state index in [4.69, 9.17) is 20.8 Å². The minimum Gasteiger partial charge on any atom is -0.457 e. The van der Waals surface area contributed by atoms with E-state index in [-0.39, 0.29) is 11.7 Å². The zero-order valence-corrected chi connectivity index (χ0v) is 26.8. The standard InChI is InChI=1S/C34H42ClN5O3/c1-23-7-11-30(24(2)17-23)43-32-18-27(35)9-8-26(32)19-38(6)33(41)31-12-10-29(42-31)21-40-20-28(36-37-40)14-16-39-15-13-25(3)34(4,5)22-39/h7-12,17-18,20,25H,13-16,19,21-22H2,1-6H3. The Balaban J connectivity index is 1.18. The summed E-state index contributed by atoms with van der Waals surface area (Å²) in [5.74, 6) is 2.79. The molecule has 2 aromatic heterocycles. The van der Waals surface area contributed by atoms with Crippen LogP contribution in [0.2, 0.25) is 5.02 Å². The molecule has 0 saturated carbocycles. The Morgan fingerprint density at radius 2 is 1.95 bits per heavy atom. The van der Waals surface area contributed by atoms with Gasteiger partial charge in [-0.05, 0) is 74.0 Å². The maximum absolute atomic E-state index is 13.3. The molecule has 1 amide bonds. The first-order valence-electron chi connectivity index (χ1n) is 15.0. The second-order valence-electron chi connectivity index (χ2n) is 12.7. The average molecular weight is 604 g/mol. The summed E-state index contributed by atoms with van der Waals surface area (Å²) in [5.41, 5.74) is 4.32. The average Bonchev–Trinajstić information content (AvgIpc) is 3.61. The maximum Gasteiger partial charge on any atom is 0.289 e. The highest BCUT2D eigenvalue weighted by Crippen LogP contribution is 2.34. The highest BCUT2D eigenvalue weighted by atomic mass is 35.5. The molecular weight excluding hydrogens is 562 g/mol. The van der Waals surface area contributed by atoms with Crippen molar-refractivity contribution in [2.24, 2.45) is 11.3 Å². The van der Waals surface area contributed by atoms with Crippen molar-refractivity contribution in [2.45, 2.75) is 60.5 Å². The van der Waals surface area contributed by atoms with Crippen LogP contribution in [0.4, 0.5) is 0 Å². The molecule has 0 bridgehead atoms. The highest BCUT2D eigenvalue weighted by molar-refractivity contribution is 6.30. The molecule has 3 heterocycles. The lowest BCUT2D eigenvalue weighted by Gasteiger charge is -2.43. The van der Waals surface area contributed by atoms with Gasteiger partial charge in [-0.25, -0.2) is 4.68 Å². The van der Waals surface area contributed by atoms with Crippen molar-refractivity contribution in [1.29, 1.82) is 0 Å². The molecular formula is C34H42ClN5O3. The number of carbonyl (C=O) groups is 1. The van der Waals surface area contributed by atoms with Crippen molar-refractivity contribution < 1.29 is 13.9 Å². The minimum absolute atomic E-state index is 0.225. The molecule has 5 rings (SSSR count). The first-order valence-corrected chi connectivity index (χ1v) is 15.3. The second kappa shape index (κ2) is 12.9. The van der Waals surface area contributed by atoms with E-state index in [2.05, 4.69) is 42.0 Å². The van der Waals surface area contributed by atoms with E-state index in [1.807, 2.05) is 44.3 Å². The highest BCUT2D eigenvalue weighted by Gasteiger charge is 2.32. The Labute approximate surface area is 259 Å². The molecule has 0 radical (unpaired) electrons. The molecule has 4 aromatic rings. The van der Waals surface area contributed by atoms with Crippen LogP contribution in [0.3, 0.4) is 0 Å². The van der Waals surface area contributed by atoms with Gasteiger partial charge in [0.25, 0.3) is 5.91 Å². The van der Waals surface area contributed by atoms with Gasteiger partial charge in [0.2, 0.25) is 0 Å². The van der Waals surface area contributed by atoms with Crippen LogP contribution in [-0.2, 0) is 19.5 Å². The summed E-state index contributed by atoms with van der Waals surface area (Å²) in [6.07, 6.45) is 4.05. The van der Waals surface area contributed by atoms with Crippen LogP contribution >= 0.6 is 11.6 Å². The van der Waals surface area contributed by atoms with E-state index in [0.29, 0.717) is 35.0 Å². The summed E-state index contributed by atoms with van der Waals surface area (Å²) < 4.78 is 13.9. The summed E-state index contributed by atoms with van der Waals surface area (Å²) in [4.78, 5) is 17.4. The number of aryl methyl sites for hydroxylation is 2. The van der Waals surface area contributed by atoms with Gasteiger partial charge in [0, 0.05) is 49.9 Å². The number of nitrogens with zero attached hydrogens (tertiary/aromatic N) is 5. The lowest BCUT2D eigenvalue weighted by molar-refractivity contribution is 0.0655. The number of carbonyl (C=O) groups excluding carboxylic acids is 1. The van der Waals surface area contributed by atoms with E-state index in [0.717, 1.165) is 60.1 Å². The Morgan fingerprint density at radius 3 is 2.72 bits per heavy atom. The number of likely N-dealkylation sites (tertiary alicyclic amines) is 1. The van der Waals surface area contributed by atoms with Gasteiger partial charge in [-0.3, -0.25) is 4.79 Å². The van der Waals surface area contributed by atoms with Gasteiger partial charge >= 0.3 is 0 Å². The predicted octanol–water partition coefficient (Wildman–Crippen LogP) is 7.16. The third-order valence-corrected chi connectivity index (χ3v) is 8.87. The topological polar surface area (TPSA) is 76.6 Å². The van der Waals surface area contributed by atoms with Gasteiger partial charge < -0.3 is 19.0 Å². The van der Waals surface area contributed by atoms with Gasteiger partial charge in [-0.15, -0.1) is 5.10 Å². The Hall–Kier alpha value is -3.62. The smallest absolute Gasteiger partial charge is 0.289 e. The lowest BCUT2D eigenvalue weighted by atomic mass is 9.75. The number of rotatable bonds is 10. The maximum atomic E-state index is 13.3. The van der Waals surface area contributed by atoms with Gasteiger partial charge in [0.05, 0.1) is 5.69 Å². The molecule has 9 heteroatoms. The largest absolute Gasteiger partial charge is 0.457 e. The van der Waals surface area contributed by atoms with Crippen molar-refractivity contribution in [3.05, 3.63) is 93.7 Å². The fourth-order valence-corrected chi connectivity index (χ4v) is 5.77. The van der Waals surface area contributed by atoms with Crippen molar-refractivity contribution in [3.8, 4) is 11.5 Å². The fraction of sp³-hybridized carbons (Fsp3) is 0.441. The molecule has 0 N–H and O–H groups in total. The van der Waals surface area contributed by atoms with Gasteiger partial charge in [-0.2, -0.15) is 0 Å². The molecule has 8 nitrogen and oxygen atoms in total. The zero-order valence-electron chi connectivity index (χ0n) is 26.1. The van der Waals surface area contributed by atoms with Crippen LogP contribution in [0.25, 0.3) is 0 Å². The first-order chi connectivity index (χ1) is 20.5. The van der Waals surface area contributed by atoms with Gasteiger partial charge in [0.1, 0.15) is 23.8 Å².